The van der Waals surface area contributed by atoms with Gasteiger partial charge >= 0.3 is 11.9 Å². The van der Waals surface area contributed by atoms with Gasteiger partial charge in [-0.25, -0.2) is 9.59 Å². The average Bonchev–Trinajstić information content (AvgIpc) is 2.34. The average molecular weight is 238 g/mol. The van der Waals surface area contributed by atoms with Crippen molar-refractivity contribution in [2.45, 2.75) is 13.0 Å². The van der Waals surface area contributed by atoms with E-state index < -0.39 is 11.9 Å². The highest BCUT2D eigenvalue weighted by Gasteiger charge is 2.11. The van der Waals surface area contributed by atoms with Crippen molar-refractivity contribution in [1.82, 2.24) is 0 Å². The molecule has 0 saturated carbocycles. The van der Waals surface area contributed by atoms with Crippen molar-refractivity contribution >= 4 is 11.9 Å². The fourth-order valence-electron chi connectivity index (χ4n) is 1.15. The monoisotopic (exact) mass is 238 g/mol. The first-order valence-corrected chi connectivity index (χ1v) is 5.22. The van der Waals surface area contributed by atoms with Crippen molar-refractivity contribution in [3.8, 4) is 0 Å². The summed E-state index contributed by atoms with van der Waals surface area (Å²) in [6.45, 7) is 0.968. The van der Waals surface area contributed by atoms with Crippen LogP contribution in [0, 0.1) is 0 Å². The molecule has 0 atom stereocenters. The molecule has 0 aliphatic heterocycles. The van der Waals surface area contributed by atoms with Gasteiger partial charge in [0.05, 0.1) is 19.8 Å². The molecule has 0 aliphatic carbocycles. The molecule has 1 aromatic carbocycles. The van der Waals surface area contributed by atoms with Crippen molar-refractivity contribution in [1.29, 1.82) is 0 Å². The first-order valence-electron chi connectivity index (χ1n) is 5.22. The van der Waals surface area contributed by atoms with Crippen molar-refractivity contribution in [3.05, 3.63) is 35.9 Å². The molecule has 0 spiro atoms. The van der Waals surface area contributed by atoms with E-state index in [0.29, 0.717) is 19.6 Å². The van der Waals surface area contributed by atoms with Gasteiger partial charge in [0.2, 0.25) is 0 Å². The predicted molar refractivity (Wildman–Crippen MR) is 59.3 cm³/mol. The molecule has 1 aromatic rings. The standard InChI is InChI=1S/C12H14O5/c13-11(14)12(15)17-8-4-7-16-9-10-5-2-1-3-6-10/h1-3,5-6H,4,7-9H2,(H,13,14). The number of rotatable bonds is 6. The third-order valence-electron chi connectivity index (χ3n) is 1.95. The van der Waals surface area contributed by atoms with Gasteiger partial charge in [0, 0.05) is 6.42 Å². The Hall–Kier alpha value is -1.88. The van der Waals surface area contributed by atoms with Crippen molar-refractivity contribution in [2.75, 3.05) is 13.2 Å². The van der Waals surface area contributed by atoms with Crippen molar-refractivity contribution in [2.24, 2.45) is 0 Å². The predicted octanol–water partition coefficient (Wildman–Crippen LogP) is 1.22. The smallest absolute Gasteiger partial charge is 0.417 e. The lowest BCUT2D eigenvalue weighted by molar-refractivity contribution is -0.164. The number of ether oxygens (including phenoxy) is 2. The topological polar surface area (TPSA) is 72.8 Å². The highest BCUT2D eigenvalue weighted by Crippen LogP contribution is 2.00. The lowest BCUT2D eigenvalue weighted by atomic mass is 10.2. The maximum Gasteiger partial charge on any atom is 0.417 e. The van der Waals surface area contributed by atoms with Crippen LogP contribution in [0.5, 0.6) is 0 Å². The second-order valence-electron chi connectivity index (χ2n) is 3.33. The third-order valence-corrected chi connectivity index (χ3v) is 1.95. The van der Waals surface area contributed by atoms with E-state index in [9.17, 15) is 9.59 Å². The minimum absolute atomic E-state index is 0.0555. The van der Waals surface area contributed by atoms with Gasteiger partial charge in [0.1, 0.15) is 0 Å². The SMILES string of the molecule is O=C(O)C(=O)OCCCOCc1ccccc1. The molecule has 0 unspecified atom stereocenters. The molecule has 0 fully saturated rings. The van der Waals surface area contributed by atoms with Crippen LogP contribution in [0.25, 0.3) is 0 Å². The molecule has 92 valence electrons. The van der Waals surface area contributed by atoms with E-state index in [1.54, 1.807) is 0 Å². The summed E-state index contributed by atoms with van der Waals surface area (Å²) in [6, 6.07) is 9.67. The summed E-state index contributed by atoms with van der Waals surface area (Å²) < 4.78 is 9.76. The highest BCUT2D eigenvalue weighted by molar-refractivity contribution is 6.28. The van der Waals surface area contributed by atoms with Crippen LogP contribution in [0.1, 0.15) is 12.0 Å². The highest BCUT2D eigenvalue weighted by atomic mass is 16.6. The molecule has 1 N–H and O–H groups in total. The molecule has 0 aliphatic rings. The third kappa shape index (κ3) is 5.67. The van der Waals surface area contributed by atoms with Crippen LogP contribution < -0.4 is 0 Å². The normalized spacial score (nSPS) is 9.88. The molecule has 0 saturated heterocycles. The molecular formula is C12H14O5. The summed E-state index contributed by atoms with van der Waals surface area (Å²) in [6.07, 6.45) is 0.478. The first kappa shape index (κ1) is 13.2. The molecule has 17 heavy (non-hydrogen) atoms. The Morgan fingerprint density at radius 1 is 1.12 bits per heavy atom. The van der Waals surface area contributed by atoms with Crippen molar-refractivity contribution in [3.63, 3.8) is 0 Å². The molecule has 0 amide bonds. The largest absolute Gasteiger partial charge is 0.473 e. The zero-order valence-electron chi connectivity index (χ0n) is 9.30. The zero-order chi connectivity index (χ0) is 12.5. The lowest BCUT2D eigenvalue weighted by Gasteiger charge is -2.04. The Morgan fingerprint density at radius 3 is 2.47 bits per heavy atom. The zero-order valence-corrected chi connectivity index (χ0v) is 9.30. The first-order chi connectivity index (χ1) is 8.20. The van der Waals surface area contributed by atoms with Gasteiger partial charge in [-0.3, -0.25) is 0 Å². The van der Waals surface area contributed by atoms with Crippen LogP contribution in [0.3, 0.4) is 0 Å². The molecule has 0 aromatic heterocycles. The summed E-state index contributed by atoms with van der Waals surface area (Å²) in [5.74, 6) is -2.80. The van der Waals surface area contributed by atoms with Crippen LogP contribution in [-0.4, -0.2) is 30.3 Å². The Balaban J connectivity index is 2.02. The van der Waals surface area contributed by atoms with Crippen molar-refractivity contribution < 1.29 is 24.2 Å². The van der Waals surface area contributed by atoms with E-state index in [4.69, 9.17) is 9.84 Å². The Bertz CT molecular complexity index is 360. The quantitative estimate of drug-likeness (QED) is 0.458. The number of carboxylic acid groups (broad SMARTS) is 1. The fraction of sp³-hybridized carbons (Fsp3) is 0.333. The van der Waals surface area contributed by atoms with Gasteiger partial charge < -0.3 is 14.6 Å². The molecule has 5 heteroatoms. The summed E-state index contributed by atoms with van der Waals surface area (Å²) in [5, 5.41) is 8.23. The number of carboxylic acids is 1. The van der Waals surface area contributed by atoms with Crippen LogP contribution in [0.15, 0.2) is 30.3 Å². The molecule has 5 nitrogen and oxygen atoms in total. The minimum Gasteiger partial charge on any atom is -0.473 e. The molecule has 0 bridgehead atoms. The van der Waals surface area contributed by atoms with Gasteiger partial charge in [0.15, 0.2) is 0 Å². The summed E-state index contributed by atoms with van der Waals surface area (Å²) in [4.78, 5) is 20.6. The van der Waals surface area contributed by atoms with E-state index in [-0.39, 0.29) is 6.61 Å². The molecular weight excluding hydrogens is 224 g/mol. The Morgan fingerprint density at radius 2 is 1.82 bits per heavy atom. The Kier molecular flexibility index (Phi) is 5.74. The maximum atomic E-state index is 10.5. The van der Waals surface area contributed by atoms with E-state index in [2.05, 4.69) is 4.74 Å². The summed E-state index contributed by atoms with van der Waals surface area (Å²) >= 11 is 0. The minimum atomic E-state index is -1.57. The molecule has 0 heterocycles. The Labute approximate surface area is 99.0 Å². The fourth-order valence-corrected chi connectivity index (χ4v) is 1.15. The second-order valence-corrected chi connectivity index (χ2v) is 3.33. The number of esters is 1. The van der Waals surface area contributed by atoms with Gasteiger partial charge in [-0.05, 0) is 5.56 Å². The van der Waals surface area contributed by atoms with E-state index in [1.165, 1.54) is 0 Å². The van der Waals surface area contributed by atoms with E-state index in [0.717, 1.165) is 5.56 Å². The van der Waals surface area contributed by atoms with Gasteiger partial charge in [0.25, 0.3) is 0 Å². The van der Waals surface area contributed by atoms with Crippen LogP contribution in [0.4, 0.5) is 0 Å². The number of aliphatic carboxylic acids is 1. The summed E-state index contributed by atoms with van der Waals surface area (Å²) in [5.41, 5.74) is 1.06. The number of carbonyl (C=O) groups is 2. The number of hydrogen-bond donors (Lipinski definition) is 1. The maximum absolute atomic E-state index is 10.5. The number of hydrogen-bond acceptors (Lipinski definition) is 4. The lowest BCUT2D eigenvalue weighted by Crippen LogP contribution is -2.17. The van der Waals surface area contributed by atoms with E-state index >= 15 is 0 Å². The molecule has 1 rings (SSSR count). The van der Waals surface area contributed by atoms with Crippen LogP contribution in [0.2, 0.25) is 0 Å². The summed E-state index contributed by atoms with van der Waals surface area (Å²) in [7, 11) is 0. The van der Waals surface area contributed by atoms with Crippen LogP contribution >= 0.6 is 0 Å². The number of benzene rings is 1. The van der Waals surface area contributed by atoms with Gasteiger partial charge in [-0.1, -0.05) is 30.3 Å². The molecule has 0 radical (unpaired) electrons. The van der Waals surface area contributed by atoms with Crippen LogP contribution in [-0.2, 0) is 25.7 Å². The number of carbonyl (C=O) groups excluding carboxylic acids is 1. The van der Waals surface area contributed by atoms with Gasteiger partial charge in [-0.15, -0.1) is 0 Å². The second kappa shape index (κ2) is 7.40. The van der Waals surface area contributed by atoms with Gasteiger partial charge in [-0.2, -0.15) is 0 Å². The van der Waals surface area contributed by atoms with E-state index in [1.807, 2.05) is 30.3 Å².